The lowest BCUT2D eigenvalue weighted by Crippen LogP contribution is -1.83. The third-order valence-corrected chi connectivity index (χ3v) is 3.60. The van der Waals surface area contributed by atoms with Crippen LogP contribution < -0.4 is 4.74 Å². The van der Waals surface area contributed by atoms with Crippen LogP contribution in [0.2, 0.25) is 0 Å². The molecule has 0 N–H and O–H groups in total. The molecule has 0 aliphatic rings. The lowest BCUT2D eigenvalue weighted by molar-refractivity contribution is 0.415. The van der Waals surface area contributed by atoms with E-state index in [-0.39, 0.29) is 0 Å². The van der Waals surface area contributed by atoms with Crippen molar-refractivity contribution in [3.05, 3.63) is 60.7 Å². The topological polar surface area (TPSA) is 35.3 Å². The van der Waals surface area contributed by atoms with Crippen molar-refractivity contribution in [2.45, 2.75) is 0 Å². The van der Waals surface area contributed by atoms with Gasteiger partial charge in [0, 0.05) is 10.9 Å². The maximum atomic E-state index is 5.88. The number of methoxy groups -OCH3 is 1. The van der Waals surface area contributed by atoms with E-state index in [1.165, 1.54) is 0 Å². The van der Waals surface area contributed by atoms with Crippen LogP contribution in [-0.4, -0.2) is 12.1 Å². The predicted molar refractivity (Wildman–Crippen MR) is 83.5 cm³/mol. The first-order valence-corrected chi connectivity index (χ1v) is 6.78. The van der Waals surface area contributed by atoms with Crippen molar-refractivity contribution in [2.24, 2.45) is 0 Å². The Morgan fingerprint density at radius 1 is 0.952 bits per heavy atom. The molecule has 0 saturated heterocycles. The first-order chi connectivity index (χ1) is 10.3. The Kier molecular flexibility index (Phi) is 2.64. The molecule has 3 nitrogen and oxygen atoms in total. The Hall–Kier alpha value is -2.81. The third kappa shape index (κ3) is 1.94. The summed E-state index contributed by atoms with van der Waals surface area (Å²) in [4.78, 5) is 4.66. The van der Waals surface area contributed by atoms with Crippen molar-refractivity contribution in [1.29, 1.82) is 0 Å². The summed E-state index contributed by atoms with van der Waals surface area (Å²) in [6.45, 7) is 0. The fraction of sp³-hybridized carbons (Fsp3) is 0.0556. The van der Waals surface area contributed by atoms with E-state index in [0.717, 1.165) is 33.2 Å². The van der Waals surface area contributed by atoms with E-state index < -0.39 is 0 Å². The highest BCUT2D eigenvalue weighted by Gasteiger charge is 2.11. The van der Waals surface area contributed by atoms with E-state index in [9.17, 15) is 0 Å². The van der Waals surface area contributed by atoms with E-state index in [0.29, 0.717) is 5.89 Å². The van der Waals surface area contributed by atoms with Gasteiger partial charge in [0.1, 0.15) is 11.3 Å². The van der Waals surface area contributed by atoms with E-state index in [1.807, 2.05) is 60.7 Å². The molecule has 4 aromatic rings. The highest BCUT2D eigenvalue weighted by Crippen LogP contribution is 2.31. The van der Waals surface area contributed by atoms with Crippen LogP contribution in [-0.2, 0) is 0 Å². The molecule has 0 saturated carbocycles. The number of oxazole rings is 1. The van der Waals surface area contributed by atoms with Gasteiger partial charge in [0.25, 0.3) is 0 Å². The van der Waals surface area contributed by atoms with Gasteiger partial charge in [-0.2, -0.15) is 0 Å². The van der Waals surface area contributed by atoms with Gasteiger partial charge in [-0.25, -0.2) is 4.98 Å². The van der Waals surface area contributed by atoms with Gasteiger partial charge >= 0.3 is 0 Å². The number of fused-ring (bicyclic) bond motifs is 3. The molecule has 1 heterocycles. The van der Waals surface area contributed by atoms with Crippen molar-refractivity contribution < 1.29 is 9.15 Å². The highest BCUT2D eigenvalue weighted by atomic mass is 16.5. The molecule has 0 radical (unpaired) electrons. The number of benzene rings is 3. The normalized spacial score (nSPS) is 11.1. The Morgan fingerprint density at radius 3 is 2.62 bits per heavy atom. The molecule has 102 valence electrons. The van der Waals surface area contributed by atoms with Crippen LogP contribution in [0.1, 0.15) is 0 Å². The Balaban J connectivity index is 1.97. The standard InChI is InChI=1S/C18H13NO2/c1-20-14-8-9-15-13(11-14)7-10-16-17(15)19-18(21-16)12-5-3-2-4-6-12/h2-11H,1H3. The second-order valence-corrected chi connectivity index (χ2v) is 4.88. The third-order valence-electron chi connectivity index (χ3n) is 3.60. The molecule has 0 aliphatic heterocycles. The van der Waals surface area contributed by atoms with Crippen LogP contribution in [0.3, 0.4) is 0 Å². The van der Waals surface area contributed by atoms with Crippen molar-refractivity contribution in [1.82, 2.24) is 4.98 Å². The molecule has 0 atom stereocenters. The highest BCUT2D eigenvalue weighted by molar-refractivity contribution is 6.04. The summed E-state index contributed by atoms with van der Waals surface area (Å²) in [5.74, 6) is 1.49. The molecule has 4 rings (SSSR count). The molecule has 0 unspecified atom stereocenters. The summed E-state index contributed by atoms with van der Waals surface area (Å²) < 4.78 is 11.1. The lowest BCUT2D eigenvalue weighted by atomic mass is 10.1. The molecule has 3 heteroatoms. The predicted octanol–water partition coefficient (Wildman–Crippen LogP) is 4.66. The minimum absolute atomic E-state index is 0.647. The van der Waals surface area contributed by atoms with Crippen molar-refractivity contribution in [2.75, 3.05) is 7.11 Å². The van der Waals surface area contributed by atoms with Crippen LogP contribution in [0.25, 0.3) is 33.3 Å². The maximum absolute atomic E-state index is 5.88. The van der Waals surface area contributed by atoms with Crippen LogP contribution in [0.15, 0.2) is 65.1 Å². The first kappa shape index (κ1) is 12.0. The number of hydrogen-bond donors (Lipinski definition) is 0. The summed E-state index contributed by atoms with van der Waals surface area (Å²) >= 11 is 0. The summed E-state index contributed by atoms with van der Waals surface area (Å²) in [6.07, 6.45) is 0. The fourth-order valence-corrected chi connectivity index (χ4v) is 2.53. The van der Waals surface area contributed by atoms with Crippen LogP contribution in [0.4, 0.5) is 0 Å². The van der Waals surface area contributed by atoms with Gasteiger partial charge < -0.3 is 9.15 Å². The van der Waals surface area contributed by atoms with Crippen molar-refractivity contribution in [3.8, 4) is 17.2 Å². The van der Waals surface area contributed by atoms with Gasteiger partial charge in [-0.3, -0.25) is 0 Å². The second kappa shape index (κ2) is 4.63. The van der Waals surface area contributed by atoms with Gasteiger partial charge in [0.15, 0.2) is 5.58 Å². The van der Waals surface area contributed by atoms with E-state index >= 15 is 0 Å². The minimum atomic E-state index is 0.647. The Morgan fingerprint density at radius 2 is 1.81 bits per heavy atom. The number of nitrogens with zero attached hydrogens (tertiary/aromatic N) is 1. The smallest absolute Gasteiger partial charge is 0.227 e. The van der Waals surface area contributed by atoms with Gasteiger partial charge in [-0.1, -0.05) is 24.3 Å². The minimum Gasteiger partial charge on any atom is -0.497 e. The van der Waals surface area contributed by atoms with Gasteiger partial charge in [-0.15, -0.1) is 0 Å². The molecule has 0 aliphatic carbocycles. The summed E-state index contributed by atoms with van der Waals surface area (Å²) in [5, 5.41) is 2.16. The quantitative estimate of drug-likeness (QED) is 0.534. The summed E-state index contributed by atoms with van der Waals surface area (Å²) in [7, 11) is 1.67. The average molecular weight is 275 g/mol. The van der Waals surface area contributed by atoms with E-state index in [4.69, 9.17) is 9.15 Å². The summed E-state index contributed by atoms with van der Waals surface area (Å²) in [6, 6.07) is 19.9. The summed E-state index contributed by atoms with van der Waals surface area (Å²) in [5.41, 5.74) is 2.66. The number of ether oxygens (including phenoxy) is 1. The van der Waals surface area contributed by atoms with Gasteiger partial charge in [-0.05, 0) is 41.8 Å². The Labute approximate surface area is 121 Å². The number of rotatable bonds is 2. The zero-order valence-corrected chi connectivity index (χ0v) is 11.5. The monoisotopic (exact) mass is 275 g/mol. The van der Waals surface area contributed by atoms with Gasteiger partial charge in [0.2, 0.25) is 5.89 Å². The molecule has 0 bridgehead atoms. The molecule has 1 aromatic heterocycles. The second-order valence-electron chi connectivity index (χ2n) is 4.88. The van der Waals surface area contributed by atoms with Crippen molar-refractivity contribution in [3.63, 3.8) is 0 Å². The zero-order chi connectivity index (χ0) is 14.2. The molecular formula is C18H13NO2. The molecular weight excluding hydrogens is 262 g/mol. The van der Waals surface area contributed by atoms with Crippen LogP contribution >= 0.6 is 0 Å². The Bertz CT molecular complexity index is 926. The molecule has 0 amide bonds. The van der Waals surface area contributed by atoms with Crippen LogP contribution in [0, 0.1) is 0 Å². The average Bonchev–Trinajstić information content (AvgIpc) is 2.99. The number of hydrogen-bond acceptors (Lipinski definition) is 3. The SMILES string of the molecule is COc1ccc2c(ccc3oc(-c4ccccc4)nc32)c1. The van der Waals surface area contributed by atoms with Crippen LogP contribution in [0.5, 0.6) is 5.75 Å². The lowest BCUT2D eigenvalue weighted by Gasteiger charge is -2.02. The maximum Gasteiger partial charge on any atom is 0.227 e. The molecule has 3 aromatic carbocycles. The molecule has 0 fully saturated rings. The fourth-order valence-electron chi connectivity index (χ4n) is 2.53. The largest absolute Gasteiger partial charge is 0.497 e. The van der Waals surface area contributed by atoms with E-state index in [1.54, 1.807) is 7.11 Å². The first-order valence-electron chi connectivity index (χ1n) is 6.78. The van der Waals surface area contributed by atoms with E-state index in [2.05, 4.69) is 4.98 Å². The number of aromatic nitrogens is 1. The zero-order valence-electron chi connectivity index (χ0n) is 11.5. The van der Waals surface area contributed by atoms with Crippen molar-refractivity contribution >= 4 is 21.9 Å². The molecule has 0 spiro atoms. The van der Waals surface area contributed by atoms with Gasteiger partial charge in [0.05, 0.1) is 7.11 Å². The molecule has 21 heavy (non-hydrogen) atoms.